The molecule has 16 heavy (non-hydrogen) atoms. The van der Waals surface area contributed by atoms with E-state index in [1.165, 1.54) is 0 Å². The largest absolute Gasteiger partial charge is 0.371 e. The second-order valence-corrected chi connectivity index (χ2v) is 3.33. The number of ether oxygens (including phenoxy) is 2. The molecular formula is C6H8N2O8. The Labute approximate surface area is 88.2 Å². The number of fused-ring (bicyclic) bond motifs is 1. The van der Waals surface area contributed by atoms with Crippen LogP contribution in [0.1, 0.15) is 0 Å². The van der Waals surface area contributed by atoms with E-state index >= 15 is 0 Å². The van der Waals surface area contributed by atoms with Gasteiger partial charge in [-0.15, -0.1) is 20.2 Å². The molecule has 0 amide bonds. The Bertz CT molecular complexity index is 279. The van der Waals surface area contributed by atoms with Crippen LogP contribution in [0.3, 0.4) is 0 Å². The van der Waals surface area contributed by atoms with E-state index in [0.717, 1.165) is 0 Å². The van der Waals surface area contributed by atoms with Gasteiger partial charge in [0, 0.05) is 0 Å². The first kappa shape index (κ1) is 10.8. The summed E-state index contributed by atoms with van der Waals surface area (Å²) in [6.07, 6.45) is -3.12. The Kier molecular flexibility index (Phi) is 2.75. The second kappa shape index (κ2) is 4.06. The molecule has 2 fully saturated rings. The summed E-state index contributed by atoms with van der Waals surface area (Å²) in [5, 5.41) is 18.4. The molecule has 2 aliphatic heterocycles. The Morgan fingerprint density at radius 2 is 1.31 bits per heavy atom. The molecule has 10 nitrogen and oxygen atoms in total. The van der Waals surface area contributed by atoms with Crippen molar-refractivity contribution in [3.8, 4) is 0 Å². The zero-order valence-electron chi connectivity index (χ0n) is 7.88. The van der Waals surface area contributed by atoms with Gasteiger partial charge < -0.3 is 19.1 Å². The van der Waals surface area contributed by atoms with Crippen LogP contribution in [0.5, 0.6) is 0 Å². The molecule has 0 saturated carbocycles. The van der Waals surface area contributed by atoms with Crippen LogP contribution in [-0.4, -0.2) is 47.8 Å². The molecule has 2 heterocycles. The average Bonchev–Trinajstić information content (AvgIpc) is 2.70. The summed E-state index contributed by atoms with van der Waals surface area (Å²) < 4.78 is 10.2. The molecule has 0 N–H and O–H groups in total. The fourth-order valence-electron chi connectivity index (χ4n) is 1.83. The lowest BCUT2D eigenvalue weighted by Crippen LogP contribution is -2.35. The first-order valence-corrected chi connectivity index (χ1v) is 4.43. The van der Waals surface area contributed by atoms with E-state index < -0.39 is 34.6 Å². The number of nitrogens with zero attached hydrogens (tertiary/aromatic N) is 2. The lowest BCUT2D eigenvalue weighted by molar-refractivity contribution is -0.769. The molecule has 0 bridgehead atoms. The first-order valence-electron chi connectivity index (χ1n) is 4.43. The third kappa shape index (κ3) is 1.97. The molecule has 10 heteroatoms. The predicted molar refractivity (Wildman–Crippen MR) is 43.2 cm³/mol. The molecule has 0 aliphatic carbocycles. The third-order valence-corrected chi connectivity index (χ3v) is 2.41. The molecule has 2 aliphatic rings. The van der Waals surface area contributed by atoms with Gasteiger partial charge in [-0.1, -0.05) is 0 Å². The molecule has 0 spiro atoms. The maximum atomic E-state index is 10.1. The van der Waals surface area contributed by atoms with E-state index in [1.54, 1.807) is 0 Å². The van der Waals surface area contributed by atoms with Crippen molar-refractivity contribution in [3.05, 3.63) is 20.2 Å². The topological polar surface area (TPSA) is 123 Å². The summed E-state index contributed by atoms with van der Waals surface area (Å²) in [4.78, 5) is 28.9. The second-order valence-electron chi connectivity index (χ2n) is 3.33. The predicted octanol–water partition coefficient (Wildman–Crippen LogP) is -1.06. The monoisotopic (exact) mass is 236 g/mol. The lowest BCUT2D eigenvalue weighted by atomic mass is 10.1. The molecule has 0 unspecified atom stereocenters. The van der Waals surface area contributed by atoms with Gasteiger partial charge in [-0.3, -0.25) is 0 Å². The van der Waals surface area contributed by atoms with E-state index in [2.05, 4.69) is 9.68 Å². The van der Waals surface area contributed by atoms with Crippen LogP contribution in [0, 0.1) is 20.2 Å². The molecular weight excluding hydrogens is 228 g/mol. The van der Waals surface area contributed by atoms with Gasteiger partial charge in [0.2, 0.25) is 0 Å². The first-order chi connectivity index (χ1) is 7.58. The zero-order chi connectivity index (χ0) is 11.7. The van der Waals surface area contributed by atoms with Gasteiger partial charge >= 0.3 is 0 Å². The molecule has 0 aromatic heterocycles. The average molecular weight is 236 g/mol. The van der Waals surface area contributed by atoms with Crippen LogP contribution in [0.2, 0.25) is 0 Å². The molecule has 0 aromatic carbocycles. The van der Waals surface area contributed by atoms with E-state index in [1.807, 2.05) is 0 Å². The fourth-order valence-corrected chi connectivity index (χ4v) is 1.83. The maximum absolute atomic E-state index is 10.1. The molecule has 2 saturated heterocycles. The molecule has 2 rings (SSSR count). The number of hydrogen-bond donors (Lipinski definition) is 0. The quantitative estimate of drug-likeness (QED) is 0.446. The highest BCUT2D eigenvalue weighted by atomic mass is 17.0. The molecule has 0 aromatic rings. The molecule has 0 radical (unpaired) electrons. The van der Waals surface area contributed by atoms with Crippen LogP contribution in [-0.2, 0) is 19.1 Å². The van der Waals surface area contributed by atoms with Gasteiger partial charge in [0.15, 0.2) is 12.2 Å². The minimum atomic E-state index is -0.943. The standard InChI is InChI=1S/C6H8N2O8/c9-7(10)15-3-1-13-6-4(16-8(11)12)2-14-5(3)6/h3-6H,1-2H2/t3-,4-,5-,6-/m0/s1. The van der Waals surface area contributed by atoms with Gasteiger partial charge in [0.05, 0.1) is 13.2 Å². The highest BCUT2D eigenvalue weighted by Gasteiger charge is 2.51. The summed E-state index contributed by atoms with van der Waals surface area (Å²) in [6.45, 7) is -0.0955. The Morgan fingerprint density at radius 3 is 1.62 bits per heavy atom. The summed E-state index contributed by atoms with van der Waals surface area (Å²) >= 11 is 0. The van der Waals surface area contributed by atoms with Crippen molar-refractivity contribution in [1.82, 2.24) is 0 Å². The Morgan fingerprint density at radius 1 is 0.938 bits per heavy atom. The van der Waals surface area contributed by atoms with Crippen LogP contribution in [0.25, 0.3) is 0 Å². The van der Waals surface area contributed by atoms with Crippen molar-refractivity contribution in [2.45, 2.75) is 24.4 Å². The van der Waals surface area contributed by atoms with Crippen LogP contribution in [0.15, 0.2) is 0 Å². The Balaban J connectivity index is 1.95. The Hall–Kier alpha value is -1.68. The highest BCUT2D eigenvalue weighted by molar-refractivity contribution is 4.94. The fraction of sp³-hybridized carbons (Fsp3) is 1.00. The highest BCUT2D eigenvalue weighted by Crippen LogP contribution is 2.30. The molecule has 4 atom stereocenters. The normalized spacial score (nSPS) is 36.8. The van der Waals surface area contributed by atoms with Crippen molar-refractivity contribution in [2.24, 2.45) is 0 Å². The van der Waals surface area contributed by atoms with Crippen molar-refractivity contribution in [2.75, 3.05) is 13.2 Å². The lowest BCUT2D eigenvalue weighted by Gasteiger charge is -2.13. The summed E-state index contributed by atoms with van der Waals surface area (Å²) in [6, 6.07) is 0. The van der Waals surface area contributed by atoms with E-state index in [9.17, 15) is 20.2 Å². The van der Waals surface area contributed by atoms with Crippen molar-refractivity contribution < 1.29 is 29.3 Å². The summed E-state index contributed by atoms with van der Waals surface area (Å²) in [5.74, 6) is 0. The molecule has 90 valence electrons. The number of rotatable bonds is 4. The third-order valence-electron chi connectivity index (χ3n) is 2.41. The van der Waals surface area contributed by atoms with E-state index in [0.29, 0.717) is 0 Å². The summed E-state index contributed by atoms with van der Waals surface area (Å²) in [7, 11) is 0. The smallest absolute Gasteiger partial charge is 0.294 e. The van der Waals surface area contributed by atoms with Crippen molar-refractivity contribution >= 4 is 0 Å². The van der Waals surface area contributed by atoms with Crippen LogP contribution in [0.4, 0.5) is 0 Å². The van der Waals surface area contributed by atoms with E-state index in [-0.39, 0.29) is 13.2 Å². The van der Waals surface area contributed by atoms with Crippen molar-refractivity contribution in [1.29, 1.82) is 0 Å². The van der Waals surface area contributed by atoms with Crippen molar-refractivity contribution in [3.63, 3.8) is 0 Å². The van der Waals surface area contributed by atoms with Gasteiger partial charge in [-0.25, -0.2) is 0 Å². The maximum Gasteiger partial charge on any atom is 0.294 e. The van der Waals surface area contributed by atoms with Gasteiger partial charge in [-0.05, 0) is 0 Å². The zero-order valence-corrected chi connectivity index (χ0v) is 7.88. The minimum absolute atomic E-state index is 0.0477. The van der Waals surface area contributed by atoms with Crippen LogP contribution < -0.4 is 0 Å². The summed E-state index contributed by atoms with van der Waals surface area (Å²) in [5.41, 5.74) is 0. The van der Waals surface area contributed by atoms with E-state index in [4.69, 9.17) is 9.47 Å². The van der Waals surface area contributed by atoms with Gasteiger partial charge in [0.1, 0.15) is 12.2 Å². The van der Waals surface area contributed by atoms with Crippen LogP contribution >= 0.6 is 0 Å². The minimum Gasteiger partial charge on any atom is -0.371 e. The SMILES string of the molecule is O=[N+]([O-])O[C@H]1CO[C@@H]2[C@H]1OC[C@@H]2O[N+](=O)[O-]. The van der Waals surface area contributed by atoms with Gasteiger partial charge in [-0.2, -0.15) is 0 Å². The van der Waals surface area contributed by atoms with Gasteiger partial charge in [0.25, 0.3) is 10.2 Å². The number of hydrogen-bond acceptors (Lipinski definition) is 8.